The fraction of sp³-hybridized carbons (Fsp3) is 0.321. The van der Waals surface area contributed by atoms with E-state index in [9.17, 15) is 23.3 Å². The summed E-state index contributed by atoms with van der Waals surface area (Å²) < 4.78 is 38.4. The van der Waals surface area contributed by atoms with E-state index in [4.69, 9.17) is 9.15 Å². The molecule has 1 aliphatic rings. The molecule has 3 aromatic rings. The Morgan fingerprint density at radius 1 is 1.13 bits per heavy atom. The second kappa shape index (κ2) is 12.8. The lowest BCUT2D eigenvalue weighted by molar-refractivity contribution is -0.384. The molecule has 0 N–H and O–H groups in total. The molecule has 0 saturated carbocycles. The summed E-state index contributed by atoms with van der Waals surface area (Å²) in [6.07, 6.45) is 6.87. The molecule has 11 heteroatoms. The van der Waals surface area contributed by atoms with E-state index in [1.807, 2.05) is 0 Å². The maximum absolute atomic E-state index is 13.0. The van der Waals surface area contributed by atoms with Crippen LogP contribution in [0.2, 0.25) is 0 Å². The van der Waals surface area contributed by atoms with Crippen molar-refractivity contribution in [2.45, 2.75) is 30.2 Å². The lowest BCUT2D eigenvalue weighted by Gasteiger charge is -2.36. The van der Waals surface area contributed by atoms with Gasteiger partial charge in [-0.1, -0.05) is 0 Å². The van der Waals surface area contributed by atoms with Gasteiger partial charge in [-0.25, -0.2) is 8.42 Å². The highest BCUT2D eigenvalue weighted by Crippen LogP contribution is 2.24. The zero-order chi connectivity index (χ0) is 27.8. The zero-order valence-corrected chi connectivity index (χ0v) is 22.5. The molecule has 1 aliphatic heterocycles. The van der Waals surface area contributed by atoms with Crippen molar-refractivity contribution in [3.05, 3.63) is 94.4 Å². The molecule has 2 heterocycles. The predicted molar refractivity (Wildman–Crippen MR) is 146 cm³/mol. The SMILES string of the molecule is CN(C1CCN(CCCOc2ccc(C(=O)C=Cc3ccco3)cc2)CC1)S(=O)(=O)c1ccc([N+](=O)[O-])cc1. The average Bonchev–Trinajstić information content (AvgIpc) is 3.48. The highest BCUT2D eigenvalue weighted by Gasteiger charge is 2.31. The van der Waals surface area contributed by atoms with Crippen molar-refractivity contribution in [1.82, 2.24) is 9.21 Å². The van der Waals surface area contributed by atoms with Crippen molar-refractivity contribution >= 4 is 27.6 Å². The van der Waals surface area contributed by atoms with Crippen molar-refractivity contribution in [3.63, 3.8) is 0 Å². The molecular weight excluding hydrogens is 522 g/mol. The van der Waals surface area contributed by atoms with Crippen molar-refractivity contribution in [2.75, 3.05) is 33.3 Å². The number of ketones is 1. The van der Waals surface area contributed by atoms with Gasteiger partial charge in [-0.3, -0.25) is 14.9 Å². The minimum atomic E-state index is -3.73. The number of furan rings is 1. The summed E-state index contributed by atoms with van der Waals surface area (Å²) in [5.41, 5.74) is 0.420. The van der Waals surface area contributed by atoms with E-state index < -0.39 is 14.9 Å². The standard InChI is InChI=1S/C28H31N3O7S/c1-29(39(35,36)27-12-7-24(8-13-27)31(33)34)23-15-18-30(19-16-23)17-3-21-38-26-9-5-22(6-10-26)28(32)14-11-25-4-2-20-37-25/h2,4-14,20,23H,3,15-19,21H2,1H3. The Hall–Kier alpha value is -3.80. The summed E-state index contributed by atoms with van der Waals surface area (Å²) in [6.45, 7) is 2.90. The first-order valence-corrected chi connectivity index (χ1v) is 14.1. The van der Waals surface area contributed by atoms with Gasteiger partial charge in [-0.2, -0.15) is 4.31 Å². The number of carbonyl (C=O) groups is 1. The van der Waals surface area contributed by atoms with Gasteiger partial charge in [0, 0.05) is 37.3 Å². The van der Waals surface area contributed by atoms with Crippen LogP contribution in [0.3, 0.4) is 0 Å². The van der Waals surface area contributed by atoms with Crippen LogP contribution in [0.25, 0.3) is 6.08 Å². The Bertz CT molecular complexity index is 1380. The van der Waals surface area contributed by atoms with E-state index in [0.717, 1.165) is 26.1 Å². The van der Waals surface area contributed by atoms with Gasteiger partial charge in [-0.05, 0) is 93.0 Å². The van der Waals surface area contributed by atoms with E-state index in [2.05, 4.69) is 4.90 Å². The van der Waals surface area contributed by atoms with Crippen LogP contribution in [0.5, 0.6) is 5.75 Å². The molecule has 0 unspecified atom stereocenters. The maximum atomic E-state index is 13.0. The highest BCUT2D eigenvalue weighted by molar-refractivity contribution is 7.89. The Labute approximate surface area is 227 Å². The molecule has 1 fully saturated rings. The third-order valence-corrected chi connectivity index (χ3v) is 8.69. The second-order valence-electron chi connectivity index (χ2n) is 9.28. The van der Waals surface area contributed by atoms with Gasteiger partial charge in [-0.15, -0.1) is 0 Å². The van der Waals surface area contributed by atoms with Crippen LogP contribution in [-0.4, -0.2) is 67.7 Å². The lowest BCUT2D eigenvalue weighted by Crippen LogP contribution is -2.45. The number of piperidine rings is 1. The van der Waals surface area contributed by atoms with E-state index in [1.54, 1.807) is 55.8 Å². The van der Waals surface area contributed by atoms with Crippen LogP contribution in [0.15, 0.2) is 82.3 Å². The van der Waals surface area contributed by atoms with Crippen molar-refractivity contribution in [2.24, 2.45) is 0 Å². The number of sulfonamides is 1. The maximum Gasteiger partial charge on any atom is 0.269 e. The summed E-state index contributed by atoms with van der Waals surface area (Å²) in [7, 11) is -2.16. The third kappa shape index (κ3) is 7.41. The first kappa shape index (κ1) is 28.2. The van der Waals surface area contributed by atoms with Crippen LogP contribution in [0, 0.1) is 10.1 Å². The predicted octanol–water partition coefficient (Wildman–Crippen LogP) is 4.64. The first-order chi connectivity index (χ1) is 18.7. The Morgan fingerprint density at radius 3 is 2.44 bits per heavy atom. The molecule has 0 atom stereocenters. The average molecular weight is 554 g/mol. The number of nitrogens with zero attached hydrogens (tertiary/aromatic N) is 3. The normalized spacial score (nSPS) is 15.1. The minimum Gasteiger partial charge on any atom is -0.494 e. The van der Waals surface area contributed by atoms with Crippen LogP contribution in [0.1, 0.15) is 35.4 Å². The molecule has 0 radical (unpaired) electrons. The summed E-state index contributed by atoms with van der Waals surface area (Å²) in [5, 5.41) is 10.8. The quantitative estimate of drug-likeness (QED) is 0.105. The van der Waals surface area contributed by atoms with Gasteiger partial charge in [0.25, 0.3) is 5.69 Å². The van der Waals surface area contributed by atoms with Gasteiger partial charge in [0.05, 0.1) is 22.7 Å². The topological polar surface area (TPSA) is 123 Å². The van der Waals surface area contributed by atoms with Crippen molar-refractivity contribution < 1.29 is 27.3 Å². The smallest absolute Gasteiger partial charge is 0.269 e. The fourth-order valence-corrected chi connectivity index (χ4v) is 5.86. The summed E-state index contributed by atoms with van der Waals surface area (Å²) >= 11 is 0. The summed E-state index contributed by atoms with van der Waals surface area (Å²) in [5.74, 6) is 1.19. The number of non-ortho nitro benzene ring substituents is 1. The Morgan fingerprint density at radius 2 is 1.82 bits per heavy atom. The number of hydrogen-bond donors (Lipinski definition) is 0. The molecule has 4 rings (SSSR count). The van der Waals surface area contributed by atoms with Crippen LogP contribution < -0.4 is 4.74 Å². The lowest BCUT2D eigenvalue weighted by atomic mass is 10.1. The third-order valence-electron chi connectivity index (χ3n) is 6.76. The first-order valence-electron chi connectivity index (χ1n) is 12.7. The summed E-state index contributed by atoms with van der Waals surface area (Å²) in [6, 6.07) is 15.4. The minimum absolute atomic E-state index is 0.0536. The molecule has 39 heavy (non-hydrogen) atoms. The number of rotatable bonds is 12. The molecule has 206 valence electrons. The Balaban J connectivity index is 1.17. The van der Waals surface area contributed by atoms with E-state index in [0.29, 0.717) is 36.5 Å². The number of benzene rings is 2. The fourth-order valence-electron chi connectivity index (χ4n) is 4.44. The molecule has 0 spiro atoms. The van der Waals surface area contributed by atoms with Crippen molar-refractivity contribution in [3.8, 4) is 5.75 Å². The van der Waals surface area contributed by atoms with Crippen LogP contribution in [-0.2, 0) is 10.0 Å². The van der Waals surface area contributed by atoms with Crippen molar-refractivity contribution in [1.29, 1.82) is 0 Å². The monoisotopic (exact) mass is 553 g/mol. The number of allylic oxidation sites excluding steroid dienone is 1. The number of hydrogen-bond acceptors (Lipinski definition) is 8. The number of nitro benzene ring substituents is 1. The number of nitro groups is 1. The van der Waals surface area contributed by atoms with Crippen LogP contribution >= 0.6 is 0 Å². The molecule has 1 aromatic heterocycles. The molecular formula is C28H31N3O7S. The molecule has 1 saturated heterocycles. The molecule has 0 aliphatic carbocycles. The molecule has 0 bridgehead atoms. The number of ether oxygens (including phenoxy) is 1. The second-order valence-corrected chi connectivity index (χ2v) is 11.3. The van der Waals surface area contributed by atoms with Gasteiger partial charge < -0.3 is 14.1 Å². The van der Waals surface area contributed by atoms with Gasteiger partial charge >= 0.3 is 0 Å². The Kier molecular flexibility index (Phi) is 9.28. The van der Waals surface area contributed by atoms with Gasteiger partial charge in [0.15, 0.2) is 5.78 Å². The molecule has 10 nitrogen and oxygen atoms in total. The van der Waals surface area contributed by atoms with Gasteiger partial charge in [0.2, 0.25) is 10.0 Å². The van der Waals surface area contributed by atoms with Crippen LogP contribution in [0.4, 0.5) is 5.69 Å². The zero-order valence-electron chi connectivity index (χ0n) is 21.6. The largest absolute Gasteiger partial charge is 0.494 e. The molecule has 0 amide bonds. The molecule has 2 aromatic carbocycles. The highest BCUT2D eigenvalue weighted by atomic mass is 32.2. The number of likely N-dealkylation sites (tertiary alicyclic amines) is 1. The van der Waals surface area contributed by atoms with E-state index in [-0.39, 0.29) is 22.4 Å². The summed E-state index contributed by atoms with van der Waals surface area (Å²) in [4.78, 5) is 24.9. The number of carbonyl (C=O) groups excluding carboxylic acids is 1. The van der Waals surface area contributed by atoms with E-state index in [1.165, 1.54) is 34.6 Å². The van der Waals surface area contributed by atoms with E-state index >= 15 is 0 Å². The van der Waals surface area contributed by atoms with Gasteiger partial charge in [0.1, 0.15) is 11.5 Å².